The molecule has 12 heavy (non-hydrogen) atoms. The summed E-state index contributed by atoms with van der Waals surface area (Å²) in [5.74, 6) is -0.222. The molecule has 0 fully saturated rings. The maximum absolute atomic E-state index is 10.7. The second kappa shape index (κ2) is 7.06. The van der Waals surface area contributed by atoms with Gasteiger partial charge in [-0.2, -0.15) is 8.42 Å². The van der Waals surface area contributed by atoms with Crippen LogP contribution in [0.2, 0.25) is 0 Å². The fourth-order valence-corrected chi connectivity index (χ4v) is 1.18. The SMILES string of the molecule is C=CCS(=O)(=O)OCC(C)O.[NaH]. The Morgan fingerprint density at radius 3 is 2.50 bits per heavy atom. The van der Waals surface area contributed by atoms with Crippen molar-refractivity contribution < 1.29 is 17.7 Å². The third-order valence-electron chi connectivity index (χ3n) is 0.811. The number of rotatable bonds is 5. The Hall–Kier alpha value is 0.610. The van der Waals surface area contributed by atoms with E-state index < -0.39 is 16.2 Å². The van der Waals surface area contributed by atoms with E-state index in [0.717, 1.165) is 0 Å². The summed E-state index contributed by atoms with van der Waals surface area (Å²) < 4.78 is 25.8. The predicted molar refractivity (Wildman–Crippen MR) is 48.8 cm³/mol. The second-order valence-corrected chi connectivity index (χ2v) is 3.83. The van der Waals surface area contributed by atoms with Crippen LogP contribution < -0.4 is 0 Å². The van der Waals surface area contributed by atoms with E-state index in [1.807, 2.05) is 0 Å². The third kappa shape index (κ3) is 8.70. The van der Waals surface area contributed by atoms with Gasteiger partial charge in [0.1, 0.15) is 0 Å². The molecule has 0 saturated heterocycles. The summed E-state index contributed by atoms with van der Waals surface area (Å²) in [5.41, 5.74) is 0. The monoisotopic (exact) mass is 204 g/mol. The Kier molecular flexibility index (Phi) is 8.88. The molecule has 0 saturated carbocycles. The second-order valence-electron chi connectivity index (χ2n) is 2.15. The minimum absolute atomic E-state index is 0. The molecule has 0 aromatic rings. The Morgan fingerprint density at radius 2 is 2.17 bits per heavy atom. The van der Waals surface area contributed by atoms with Crippen molar-refractivity contribution in [1.29, 1.82) is 0 Å². The van der Waals surface area contributed by atoms with Crippen LogP contribution in [-0.4, -0.2) is 61.5 Å². The van der Waals surface area contributed by atoms with Gasteiger partial charge in [-0.25, -0.2) is 0 Å². The Balaban J connectivity index is 0. The zero-order valence-electron chi connectivity index (χ0n) is 6.36. The van der Waals surface area contributed by atoms with Gasteiger partial charge in [-0.15, -0.1) is 6.58 Å². The normalized spacial score (nSPS) is 13.2. The molecular formula is C6H13NaO4S. The van der Waals surface area contributed by atoms with Crippen molar-refractivity contribution in [3.05, 3.63) is 12.7 Å². The first-order chi connectivity index (χ1) is 4.98. The first-order valence-electron chi connectivity index (χ1n) is 3.14. The minimum atomic E-state index is -3.50. The van der Waals surface area contributed by atoms with Crippen LogP contribution >= 0.6 is 0 Å². The summed E-state index contributed by atoms with van der Waals surface area (Å²) in [6.07, 6.45) is 0.465. The molecule has 1 unspecified atom stereocenters. The van der Waals surface area contributed by atoms with Crippen molar-refractivity contribution >= 4 is 39.7 Å². The van der Waals surface area contributed by atoms with Crippen molar-refractivity contribution in [1.82, 2.24) is 0 Å². The molecular weight excluding hydrogens is 191 g/mol. The molecule has 0 bridgehead atoms. The van der Waals surface area contributed by atoms with Gasteiger partial charge < -0.3 is 5.11 Å². The van der Waals surface area contributed by atoms with Crippen LogP contribution in [0, 0.1) is 0 Å². The molecule has 0 aliphatic carbocycles. The molecule has 0 amide bonds. The summed E-state index contributed by atoms with van der Waals surface area (Å²) in [6.45, 7) is 4.50. The van der Waals surface area contributed by atoms with Crippen molar-refractivity contribution in [3.8, 4) is 0 Å². The molecule has 0 rings (SSSR count). The average molecular weight is 204 g/mol. The summed E-state index contributed by atoms with van der Waals surface area (Å²) in [6, 6.07) is 0. The first-order valence-corrected chi connectivity index (χ1v) is 4.71. The van der Waals surface area contributed by atoms with Crippen LogP contribution in [0.5, 0.6) is 0 Å². The van der Waals surface area contributed by atoms with Gasteiger partial charge in [-0.3, -0.25) is 4.18 Å². The zero-order chi connectivity index (χ0) is 8.91. The van der Waals surface area contributed by atoms with Crippen molar-refractivity contribution in [2.24, 2.45) is 0 Å². The number of aliphatic hydroxyl groups excluding tert-OH is 1. The van der Waals surface area contributed by atoms with Gasteiger partial charge in [0.15, 0.2) is 0 Å². The van der Waals surface area contributed by atoms with Crippen LogP contribution in [0.25, 0.3) is 0 Å². The van der Waals surface area contributed by atoms with E-state index in [0.29, 0.717) is 0 Å². The van der Waals surface area contributed by atoms with E-state index in [9.17, 15) is 8.42 Å². The summed E-state index contributed by atoms with van der Waals surface area (Å²) in [4.78, 5) is 0. The molecule has 0 aliphatic rings. The standard InChI is InChI=1S/C6H12O4S.Na.H/c1-3-4-11(8,9)10-5-6(2)7;;/h3,6-7H,1,4-5H2,2H3;;. The van der Waals surface area contributed by atoms with E-state index in [4.69, 9.17) is 5.11 Å². The molecule has 1 atom stereocenters. The van der Waals surface area contributed by atoms with Crippen LogP contribution in [-0.2, 0) is 14.3 Å². The van der Waals surface area contributed by atoms with Crippen LogP contribution in [0.15, 0.2) is 12.7 Å². The van der Waals surface area contributed by atoms with Gasteiger partial charge in [0.2, 0.25) is 0 Å². The molecule has 0 radical (unpaired) electrons. The number of hydrogen-bond acceptors (Lipinski definition) is 4. The Morgan fingerprint density at radius 1 is 1.67 bits per heavy atom. The van der Waals surface area contributed by atoms with Gasteiger partial charge in [-0.05, 0) is 6.92 Å². The topological polar surface area (TPSA) is 63.6 Å². The summed E-state index contributed by atoms with van der Waals surface area (Å²) in [5, 5.41) is 8.67. The molecule has 0 spiro atoms. The third-order valence-corrected chi connectivity index (χ3v) is 1.95. The van der Waals surface area contributed by atoms with Gasteiger partial charge >= 0.3 is 29.6 Å². The molecule has 1 N–H and O–H groups in total. The predicted octanol–water partition coefficient (Wildman–Crippen LogP) is -0.749. The van der Waals surface area contributed by atoms with E-state index >= 15 is 0 Å². The first kappa shape index (κ1) is 15.1. The molecule has 0 aromatic carbocycles. The summed E-state index contributed by atoms with van der Waals surface area (Å²) >= 11 is 0. The van der Waals surface area contributed by atoms with Crippen LogP contribution in [0.3, 0.4) is 0 Å². The Labute approximate surface area is 95.0 Å². The quantitative estimate of drug-likeness (QED) is 0.363. The van der Waals surface area contributed by atoms with Crippen molar-refractivity contribution in [2.45, 2.75) is 13.0 Å². The zero-order valence-corrected chi connectivity index (χ0v) is 7.17. The van der Waals surface area contributed by atoms with Crippen molar-refractivity contribution in [2.75, 3.05) is 12.4 Å². The molecule has 0 heterocycles. The summed E-state index contributed by atoms with van der Waals surface area (Å²) in [7, 11) is -3.50. The molecule has 6 heteroatoms. The van der Waals surface area contributed by atoms with E-state index in [1.54, 1.807) is 0 Å². The van der Waals surface area contributed by atoms with Gasteiger partial charge in [-0.1, -0.05) is 6.08 Å². The fourth-order valence-electron chi connectivity index (χ4n) is 0.395. The van der Waals surface area contributed by atoms with Crippen LogP contribution in [0.4, 0.5) is 0 Å². The van der Waals surface area contributed by atoms with Gasteiger partial charge in [0.05, 0.1) is 18.5 Å². The van der Waals surface area contributed by atoms with Gasteiger partial charge in [0, 0.05) is 0 Å². The van der Waals surface area contributed by atoms with E-state index in [-0.39, 0.29) is 41.9 Å². The fraction of sp³-hybridized carbons (Fsp3) is 0.667. The van der Waals surface area contributed by atoms with Crippen LogP contribution in [0.1, 0.15) is 6.92 Å². The van der Waals surface area contributed by atoms with E-state index in [2.05, 4.69) is 10.8 Å². The maximum atomic E-state index is 10.7. The Bertz CT molecular complexity index is 210. The average Bonchev–Trinajstić information content (AvgIpc) is 1.84. The molecule has 4 nitrogen and oxygen atoms in total. The van der Waals surface area contributed by atoms with Gasteiger partial charge in [0.25, 0.3) is 10.1 Å². The number of hydrogen-bond donors (Lipinski definition) is 1. The molecule has 0 aromatic heterocycles. The van der Waals surface area contributed by atoms with E-state index in [1.165, 1.54) is 13.0 Å². The molecule has 0 aliphatic heterocycles. The number of aliphatic hydroxyl groups is 1. The molecule has 68 valence electrons. The van der Waals surface area contributed by atoms with Crippen molar-refractivity contribution in [3.63, 3.8) is 0 Å².